The van der Waals surface area contributed by atoms with E-state index in [1.165, 1.54) is 6.20 Å². The van der Waals surface area contributed by atoms with Crippen molar-refractivity contribution in [1.82, 2.24) is 20.4 Å². The molecule has 1 aliphatic rings. The zero-order valence-corrected chi connectivity index (χ0v) is 10.2. The standard InChI is InChI=1S/C9H14N4O3S/c1-13-4-3-10-8(13)9(14)12-11-7-2-5-17(15,16)6-7/h3-4,7,11H,2,5-6H2,1H3,(H,12,14)/t7-/m0/s1. The van der Waals surface area contributed by atoms with Crippen LogP contribution >= 0.6 is 0 Å². The van der Waals surface area contributed by atoms with Crippen LogP contribution in [0.2, 0.25) is 0 Å². The smallest absolute Gasteiger partial charge is 0.301 e. The predicted octanol–water partition coefficient (Wildman–Crippen LogP) is -1.16. The number of aromatic nitrogens is 2. The first-order chi connectivity index (χ1) is 7.98. The van der Waals surface area contributed by atoms with E-state index in [0.717, 1.165) is 0 Å². The molecule has 0 unspecified atom stereocenters. The summed E-state index contributed by atoms with van der Waals surface area (Å²) in [4.78, 5) is 15.5. The molecule has 17 heavy (non-hydrogen) atoms. The number of imidazole rings is 1. The van der Waals surface area contributed by atoms with E-state index in [2.05, 4.69) is 15.8 Å². The van der Waals surface area contributed by atoms with Crippen molar-refractivity contribution in [3.63, 3.8) is 0 Å². The summed E-state index contributed by atoms with van der Waals surface area (Å²) in [5, 5.41) is 0. The average molecular weight is 258 g/mol. The first kappa shape index (κ1) is 12.1. The Morgan fingerprint density at radius 3 is 2.88 bits per heavy atom. The summed E-state index contributed by atoms with van der Waals surface area (Å²) in [5.74, 6) is 0.136. The van der Waals surface area contributed by atoms with Crippen LogP contribution in [0.1, 0.15) is 17.0 Å². The first-order valence-corrected chi connectivity index (χ1v) is 7.04. The van der Waals surface area contributed by atoms with Crippen molar-refractivity contribution in [1.29, 1.82) is 0 Å². The molecule has 94 valence electrons. The maximum absolute atomic E-state index is 11.6. The Kier molecular flexibility index (Phi) is 3.16. The summed E-state index contributed by atoms with van der Waals surface area (Å²) in [6.45, 7) is 0. The number of aryl methyl sites for hydroxylation is 1. The molecule has 2 heterocycles. The summed E-state index contributed by atoms with van der Waals surface area (Å²) in [6, 6.07) is -0.218. The van der Waals surface area contributed by atoms with Crippen LogP contribution in [0.25, 0.3) is 0 Å². The second kappa shape index (κ2) is 4.46. The van der Waals surface area contributed by atoms with Crippen LogP contribution in [0.15, 0.2) is 12.4 Å². The van der Waals surface area contributed by atoms with Crippen molar-refractivity contribution in [2.24, 2.45) is 7.05 Å². The number of nitrogens with one attached hydrogen (secondary N) is 2. The molecule has 7 nitrogen and oxygen atoms in total. The van der Waals surface area contributed by atoms with Gasteiger partial charge in [-0.1, -0.05) is 0 Å². The lowest BCUT2D eigenvalue weighted by molar-refractivity contribution is 0.0913. The predicted molar refractivity (Wildman–Crippen MR) is 60.9 cm³/mol. The zero-order valence-electron chi connectivity index (χ0n) is 9.38. The van der Waals surface area contributed by atoms with E-state index in [4.69, 9.17) is 0 Å². The van der Waals surface area contributed by atoms with Gasteiger partial charge < -0.3 is 4.57 Å². The molecule has 8 heteroatoms. The minimum absolute atomic E-state index is 0.0633. The van der Waals surface area contributed by atoms with E-state index in [0.29, 0.717) is 6.42 Å². The molecule has 1 aromatic heterocycles. The number of amides is 1. The Morgan fingerprint density at radius 2 is 2.35 bits per heavy atom. The van der Waals surface area contributed by atoms with Crippen LogP contribution in [-0.4, -0.2) is 41.4 Å². The Morgan fingerprint density at radius 1 is 1.59 bits per heavy atom. The molecule has 2 rings (SSSR count). The van der Waals surface area contributed by atoms with Gasteiger partial charge in [-0.15, -0.1) is 0 Å². The normalized spacial score (nSPS) is 22.5. The summed E-state index contributed by atoms with van der Waals surface area (Å²) in [6.07, 6.45) is 3.70. The van der Waals surface area contributed by atoms with E-state index < -0.39 is 9.84 Å². The Bertz CT molecular complexity index is 522. The van der Waals surface area contributed by atoms with Crippen LogP contribution < -0.4 is 10.9 Å². The number of nitrogens with zero attached hydrogens (tertiary/aromatic N) is 2. The quantitative estimate of drug-likeness (QED) is 0.667. The minimum atomic E-state index is -2.94. The fraction of sp³-hybridized carbons (Fsp3) is 0.556. The summed E-state index contributed by atoms with van der Waals surface area (Å²) in [5.41, 5.74) is 5.19. The van der Waals surface area contributed by atoms with Gasteiger partial charge in [0.1, 0.15) is 0 Å². The van der Waals surface area contributed by atoms with Gasteiger partial charge in [0.25, 0.3) is 0 Å². The van der Waals surface area contributed by atoms with Crippen molar-refractivity contribution in [2.75, 3.05) is 11.5 Å². The SMILES string of the molecule is Cn1ccnc1C(=O)NN[C@H]1CCS(=O)(=O)C1. The van der Waals surface area contributed by atoms with Gasteiger partial charge in [-0.3, -0.25) is 10.2 Å². The number of hydrogen-bond acceptors (Lipinski definition) is 5. The molecular weight excluding hydrogens is 244 g/mol. The molecule has 1 atom stereocenters. The highest BCUT2D eigenvalue weighted by atomic mass is 32.2. The van der Waals surface area contributed by atoms with E-state index in [-0.39, 0.29) is 29.3 Å². The maximum atomic E-state index is 11.6. The lowest BCUT2D eigenvalue weighted by Gasteiger charge is -2.11. The van der Waals surface area contributed by atoms with Crippen LogP contribution in [-0.2, 0) is 16.9 Å². The molecule has 1 aromatic rings. The third-order valence-corrected chi connectivity index (χ3v) is 4.41. The van der Waals surface area contributed by atoms with E-state index >= 15 is 0 Å². The van der Waals surface area contributed by atoms with Crippen LogP contribution in [0.3, 0.4) is 0 Å². The lowest BCUT2D eigenvalue weighted by atomic mass is 10.3. The number of carbonyl (C=O) groups is 1. The molecule has 1 saturated heterocycles. The third-order valence-electron chi connectivity index (χ3n) is 2.65. The maximum Gasteiger partial charge on any atom is 0.301 e. The number of carbonyl (C=O) groups excluding carboxylic acids is 1. The number of rotatable bonds is 3. The van der Waals surface area contributed by atoms with Crippen molar-refractivity contribution in [3.05, 3.63) is 18.2 Å². The second-order valence-corrected chi connectivity index (χ2v) is 6.29. The average Bonchev–Trinajstić information content (AvgIpc) is 2.81. The van der Waals surface area contributed by atoms with Crippen molar-refractivity contribution >= 4 is 15.7 Å². The van der Waals surface area contributed by atoms with Gasteiger partial charge in [0, 0.05) is 25.5 Å². The zero-order chi connectivity index (χ0) is 12.5. The van der Waals surface area contributed by atoms with Gasteiger partial charge in [-0.2, -0.15) is 0 Å². The van der Waals surface area contributed by atoms with Gasteiger partial charge >= 0.3 is 5.91 Å². The molecule has 0 spiro atoms. The third kappa shape index (κ3) is 2.83. The molecule has 1 fully saturated rings. The fourth-order valence-corrected chi connectivity index (χ4v) is 3.39. The Hall–Kier alpha value is -1.41. The highest BCUT2D eigenvalue weighted by Crippen LogP contribution is 2.10. The second-order valence-electron chi connectivity index (χ2n) is 4.06. The van der Waals surface area contributed by atoms with E-state index in [9.17, 15) is 13.2 Å². The summed E-state index contributed by atoms with van der Waals surface area (Å²) < 4.78 is 24.0. The summed E-state index contributed by atoms with van der Waals surface area (Å²) >= 11 is 0. The molecule has 0 bridgehead atoms. The highest BCUT2D eigenvalue weighted by molar-refractivity contribution is 7.91. The highest BCUT2D eigenvalue weighted by Gasteiger charge is 2.28. The molecule has 1 aliphatic heterocycles. The van der Waals surface area contributed by atoms with E-state index in [1.54, 1.807) is 17.8 Å². The van der Waals surface area contributed by atoms with Gasteiger partial charge in [0.05, 0.1) is 11.5 Å². The van der Waals surface area contributed by atoms with Crippen molar-refractivity contribution in [3.8, 4) is 0 Å². The molecule has 0 aromatic carbocycles. The van der Waals surface area contributed by atoms with Crippen molar-refractivity contribution in [2.45, 2.75) is 12.5 Å². The number of hydrazine groups is 1. The monoisotopic (exact) mass is 258 g/mol. The van der Waals surface area contributed by atoms with Gasteiger partial charge in [0.15, 0.2) is 15.7 Å². The summed E-state index contributed by atoms with van der Waals surface area (Å²) in [7, 11) is -1.23. The van der Waals surface area contributed by atoms with Crippen LogP contribution in [0.5, 0.6) is 0 Å². The van der Waals surface area contributed by atoms with Crippen LogP contribution in [0, 0.1) is 0 Å². The molecule has 0 saturated carbocycles. The molecular formula is C9H14N4O3S. The Labute approximate surface area is 99.1 Å². The van der Waals surface area contributed by atoms with Crippen LogP contribution in [0.4, 0.5) is 0 Å². The number of hydrogen-bond donors (Lipinski definition) is 2. The lowest BCUT2D eigenvalue weighted by Crippen LogP contribution is -2.45. The van der Waals surface area contributed by atoms with Gasteiger partial charge in [-0.25, -0.2) is 18.8 Å². The first-order valence-electron chi connectivity index (χ1n) is 5.21. The van der Waals surface area contributed by atoms with Gasteiger partial charge in [-0.05, 0) is 6.42 Å². The van der Waals surface area contributed by atoms with Gasteiger partial charge in [0.2, 0.25) is 0 Å². The minimum Gasteiger partial charge on any atom is -0.330 e. The van der Waals surface area contributed by atoms with Crippen molar-refractivity contribution < 1.29 is 13.2 Å². The molecule has 2 N–H and O–H groups in total. The fourth-order valence-electron chi connectivity index (χ4n) is 1.72. The molecule has 0 radical (unpaired) electrons. The largest absolute Gasteiger partial charge is 0.330 e. The van der Waals surface area contributed by atoms with E-state index in [1.807, 2.05) is 0 Å². The Balaban J connectivity index is 1.88. The number of sulfone groups is 1. The topological polar surface area (TPSA) is 93.1 Å². The molecule has 1 amide bonds. The molecule has 0 aliphatic carbocycles.